The van der Waals surface area contributed by atoms with Crippen molar-refractivity contribution in [1.29, 1.82) is 0 Å². The molecule has 1 aromatic carbocycles. The molecule has 124 valence electrons. The Hall–Kier alpha value is -1.31. The van der Waals surface area contributed by atoms with Crippen molar-refractivity contribution in [2.75, 3.05) is 0 Å². The molecule has 0 amide bonds. The van der Waals surface area contributed by atoms with Crippen molar-refractivity contribution >= 4 is 5.97 Å². The lowest BCUT2D eigenvalue weighted by atomic mass is 10.0. The first-order valence-corrected chi connectivity index (χ1v) is 9.05. The summed E-state index contributed by atoms with van der Waals surface area (Å²) in [5.41, 5.74) is 1.46. The molecule has 0 bridgehead atoms. The highest BCUT2D eigenvalue weighted by atomic mass is 16.4. The molecule has 0 aromatic heterocycles. The van der Waals surface area contributed by atoms with Crippen LogP contribution in [0, 0.1) is 0 Å². The third-order valence-electron chi connectivity index (χ3n) is 4.20. The van der Waals surface area contributed by atoms with Gasteiger partial charge in [0, 0.05) is 6.42 Å². The van der Waals surface area contributed by atoms with Crippen molar-refractivity contribution < 1.29 is 9.90 Å². The summed E-state index contributed by atoms with van der Waals surface area (Å²) in [6.07, 6.45) is 15.4. The van der Waals surface area contributed by atoms with Crippen LogP contribution in [-0.4, -0.2) is 11.1 Å². The second-order valence-electron chi connectivity index (χ2n) is 6.27. The maximum absolute atomic E-state index is 10.4. The number of benzene rings is 1. The average Bonchev–Trinajstić information content (AvgIpc) is 2.52. The third kappa shape index (κ3) is 11.4. The number of carbonyl (C=O) groups is 1. The first-order chi connectivity index (χ1) is 10.8. The summed E-state index contributed by atoms with van der Waals surface area (Å²) in [6, 6.07) is 10.8. The van der Waals surface area contributed by atoms with Gasteiger partial charge in [-0.1, -0.05) is 88.1 Å². The first kappa shape index (κ1) is 18.7. The van der Waals surface area contributed by atoms with Gasteiger partial charge in [-0.2, -0.15) is 0 Å². The molecule has 1 N–H and O–H groups in total. The Morgan fingerprint density at radius 1 is 0.682 bits per heavy atom. The van der Waals surface area contributed by atoms with Crippen LogP contribution in [-0.2, 0) is 11.2 Å². The Labute approximate surface area is 135 Å². The van der Waals surface area contributed by atoms with Crippen LogP contribution in [0.15, 0.2) is 30.3 Å². The van der Waals surface area contributed by atoms with Crippen molar-refractivity contribution in [3.63, 3.8) is 0 Å². The molecule has 2 nitrogen and oxygen atoms in total. The first-order valence-electron chi connectivity index (χ1n) is 9.05. The fraction of sp³-hybridized carbons (Fsp3) is 0.650. The smallest absolute Gasteiger partial charge is 0.303 e. The molecule has 0 saturated carbocycles. The summed E-state index contributed by atoms with van der Waals surface area (Å²) in [7, 11) is 0. The minimum absolute atomic E-state index is 0.336. The highest BCUT2D eigenvalue weighted by Gasteiger charge is 1.97. The van der Waals surface area contributed by atoms with Crippen molar-refractivity contribution in [3.05, 3.63) is 35.9 Å². The van der Waals surface area contributed by atoms with Gasteiger partial charge in [-0.05, 0) is 24.8 Å². The number of unbranched alkanes of at least 4 members (excludes halogenated alkanes) is 10. The molecule has 0 atom stereocenters. The molecule has 0 heterocycles. The molecule has 0 radical (unpaired) electrons. The van der Waals surface area contributed by atoms with E-state index in [2.05, 4.69) is 30.3 Å². The lowest BCUT2D eigenvalue weighted by Gasteiger charge is -2.03. The van der Waals surface area contributed by atoms with Gasteiger partial charge in [0.1, 0.15) is 0 Å². The van der Waals surface area contributed by atoms with E-state index >= 15 is 0 Å². The number of rotatable bonds is 14. The predicted molar refractivity (Wildman–Crippen MR) is 93.2 cm³/mol. The van der Waals surface area contributed by atoms with Crippen LogP contribution in [0.4, 0.5) is 0 Å². The van der Waals surface area contributed by atoms with Gasteiger partial charge in [-0.15, -0.1) is 0 Å². The van der Waals surface area contributed by atoms with E-state index in [1.807, 2.05) is 0 Å². The predicted octanol–water partition coefficient (Wildman–Crippen LogP) is 5.99. The molecular weight excluding hydrogens is 272 g/mol. The number of carboxylic acids is 1. The van der Waals surface area contributed by atoms with E-state index in [1.165, 1.54) is 69.8 Å². The molecule has 1 rings (SSSR count). The van der Waals surface area contributed by atoms with E-state index < -0.39 is 5.97 Å². The van der Waals surface area contributed by atoms with Crippen LogP contribution in [0.5, 0.6) is 0 Å². The van der Waals surface area contributed by atoms with E-state index in [0.717, 1.165) is 12.8 Å². The molecule has 22 heavy (non-hydrogen) atoms. The van der Waals surface area contributed by atoms with Crippen molar-refractivity contribution in [1.82, 2.24) is 0 Å². The Kier molecular flexibility index (Phi) is 11.4. The van der Waals surface area contributed by atoms with Crippen LogP contribution in [0.3, 0.4) is 0 Å². The summed E-state index contributed by atoms with van der Waals surface area (Å²) >= 11 is 0. The zero-order valence-electron chi connectivity index (χ0n) is 13.9. The summed E-state index contributed by atoms with van der Waals surface area (Å²) in [5.74, 6) is -0.660. The fourth-order valence-corrected chi connectivity index (χ4v) is 2.84. The van der Waals surface area contributed by atoms with E-state index in [4.69, 9.17) is 5.11 Å². The molecule has 0 aliphatic carbocycles. The van der Waals surface area contributed by atoms with E-state index in [-0.39, 0.29) is 0 Å². The van der Waals surface area contributed by atoms with Gasteiger partial charge in [-0.3, -0.25) is 4.79 Å². The Bertz CT molecular complexity index is 373. The van der Waals surface area contributed by atoms with Crippen LogP contribution in [0.1, 0.15) is 82.6 Å². The Morgan fingerprint density at radius 2 is 1.14 bits per heavy atom. The number of hydrogen-bond donors (Lipinski definition) is 1. The average molecular weight is 304 g/mol. The lowest BCUT2D eigenvalue weighted by Crippen LogP contribution is -1.93. The van der Waals surface area contributed by atoms with Crippen molar-refractivity contribution in [2.24, 2.45) is 0 Å². The monoisotopic (exact) mass is 304 g/mol. The molecule has 0 spiro atoms. The third-order valence-corrected chi connectivity index (χ3v) is 4.20. The topological polar surface area (TPSA) is 37.3 Å². The maximum Gasteiger partial charge on any atom is 0.303 e. The van der Waals surface area contributed by atoms with Gasteiger partial charge in [0.05, 0.1) is 0 Å². The fourth-order valence-electron chi connectivity index (χ4n) is 2.84. The van der Waals surface area contributed by atoms with Gasteiger partial charge < -0.3 is 5.11 Å². The van der Waals surface area contributed by atoms with Crippen LogP contribution < -0.4 is 0 Å². The summed E-state index contributed by atoms with van der Waals surface area (Å²) < 4.78 is 0. The zero-order chi connectivity index (χ0) is 15.9. The van der Waals surface area contributed by atoms with Gasteiger partial charge in [0.2, 0.25) is 0 Å². The molecule has 0 saturated heterocycles. The van der Waals surface area contributed by atoms with Crippen LogP contribution in [0.25, 0.3) is 0 Å². The standard InChI is InChI=1S/C20H32O2/c21-20(22)18-14-9-7-5-3-1-2-4-6-8-11-15-19-16-12-10-13-17-19/h10,12-13,16-17H,1-9,11,14-15,18H2,(H,21,22). The summed E-state index contributed by atoms with van der Waals surface area (Å²) in [6.45, 7) is 0. The summed E-state index contributed by atoms with van der Waals surface area (Å²) in [5, 5.41) is 8.54. The second kappa shape index (κ2) is 13.4. The zero-order valence-corrected chi connectivity index (χ0v) is 13.9. The van der Waals surface area contributed by atoms with E-state index in [0.29, 0.717) is 6.42 Å². The molecule has 1 aromatic rings. The highest BCUT2D eigenvalue weighted by Crippen LogP contribution is 2.13. The normalized spacial score (nSPS) is 10.7. The second-order valence-corrected chi connectivity index (χ2v) is 6.27. The molecule has 0 aliphatic heterocycles. The highest BCUT2D eigenvalue weighted by molar-refractivity contribution is 5.66. The SMILES string of the molecule is O=C(O)CCCCCCCCCCCCCc1ccccc1. The quantitative estimate of drug-likeness (QED) is 0.428. The molecular formula is C20H32O2. The largest absolute Gasteiger partial charge is 0.481 e. The number of aryl methyl sites for hydroxylation is 1. The van der Waals surface area contributed by atoms with Crippen LogP contribution in [0.2, 0.25) is 0 Å². The van der Waals surface area contributed by atoms with Gasteiger partial charge in [-0.25, -0.2) is 0 Å². The number of hydrogen-bond acceptors (Lipinski definition) is 1. The van der Waals surface area contributed by atoms with Crippen LogP contribution >= 0.6 is 0 Å². The minimum Gasteiger partial charge on any atom is -0.481 e. The van der Waals surface area contributed by atoms with Crippen molar-refractivity contribution in [3.8, 4) is 0 Å². The lowest BCUT2D eigenvalue weighted by molar-refractivity contribution is -0.137. The van der Waals surface area contributed by atoms with Crippen molar-refractivity contribution in [2.45, 2.75) is 83.5 Å². The molecule has 0 unspecified atom stereocenters. The van der Waals surface area contributed by atoms with Gasteiger partial charge >= 0.3 is 5.97 Å². The van der Waals surface area contributed by atoms with Gasteiger partial charge in [0.25, 0.3) is 0 Å². The van der Waals surface area contributed by atoms with E-state index in [1.54, 1.807) is 0 Å². The Morgan fingerprint density at radius 3 is 1.64 bits per heavy atom. The molecule has 0 fully saturated rings. The van der Waals surface area contributed by atoms with E-state index in [9.17, 15) is 4.79 Å². The number of carboxylic acid groups (broad SMARTS) is 1. The molecule has 0 aliphatic rings. The number of aliphatic carboxylic acids is 1. The Balaban J connectivity index is 1.76. The van der Waals surface area contributed by atoms with Gasteiger partial charge in [0.15, 0.2) is 0 Å². The summed E-state index contributed by atoms with van der Waals surface area (Å²) in [4.78, 5) is 10.4. The minimum atomic E-state index is -0.660. The molecule has 2 heteroatoms. The maximum atomic E-state index is 10.4.